The van der Waals surface area contributed by atoms with Gasteiger partial charge in [0.15, 0.2) is 0 Å². The van der Waals surface area contributed by atoms with E-state index in [4.69, 9.17) is 0 Å². The van der Waals surface area contributed by atoms with Gasteiger partial charge in [0.1, 0.15) is 4.38 Å². The molecule has 1 heterocycles. The highest BCUT2D eigenvalue weighted by Gasteiger charge is 2.14. The molecule has 1 aromatic carbocycles. The Morgan fingerprint density at radius 1 is 1.35 bits per heavy atom. The minimum Gasteiger partial charge on any atom is -0.325 e. The summed E-state index contributed by atoms with van der Waals surface area (Å²) in [7, 11) is 0. The molecule has 108 valence electrons. The van der Waals surface area contributed by atoms with Gasteiger partial charge in [0.2, 0.25) is 5.91 Å². The van der Waals surface area contributed by atoms with E-state index in [1.54, 1.807) is 11.8 Å². The van der Waals surface area contributed by atoms with Crippen molar-refractivity contribution in [2.45, 2.75) is 26.2 Å². The van der Waals surface area contributed by atoms with Crippen LogP contribution in [0.15, 0.2) is 29.3 Å². The number of nitrogens with zero attached hydrogens (tertiary/aromatic N) is 1. The molecule has 0 aromatic heterocycles. The lowest BCUT2D eigenvalue weighted by Gasteiger charge is -2.19. The number of aliphatic imine (C=N–C) groups is 1. The van der Waals surface area contributed by atoms with Crippen LogP contribution in [0.25, 0.3) is 0 Å². The highest BCUT2D eigenvalue weighted by molar-refractivity contribution is 8.39. The molecule has 0 saturated heterocycles. The Morgan fingerprint density at radius 2 is 2.05 bits per heavy atom. The monoisotopic (exact) mass is 308 g/mol. The number of thioether (sulfide) groups is 2. The van der Waals surface area contributed by atoms with Crippen molar-refractivity contribution in [1.29, 1.82) is 0 Å². The molecule has 0 fully saturated rings. The first-order valence-corrected chi connectivity index (χ1v) is 8.63. The average Bonchev–Trinajstić information content (AvgIpc) is 2.89. The molecule has 0 aliphatic carbocycles. The molecule has 20 heavy (non-hydrogen) atoms. The van der Waals surface area contributed by atoms with Crippen LogP contribution in [0.3, 0.4) is 0 Å². The van der Waals surface area contributed by atoms with Crippen molar-refractivity contribution >= 4 is 39.5 Å². The van der Waals surface area contributed by atoms with Crippen molar-refractivity contribution < 1.29 is 4.79 Å². The van der Waals surface area contributed by atoms with Crippen molar-refractivity contribution in [3.8, 4) is 0 Å². The lowest BCUT2D eigenvalue weighted by Crippen LogP contribution is -2.15. The van der Waals surface area contributed by atoms with E-state index in [2.05, 4.69) is 43.2 Å². The third-order valence-electron chi connectivity index (χ3n) is 2.92. The summed E-state index contributed by atoms with van der Waals surface area (Å²) in [5.41, 5.74) is 2.25. The Labute approximate surface area is 129 Å². The number of nitrogens with one attached hydrogen (secondary N) is 1. The topological polar surface area (TPSA) is 41.5 Å². The van der Waals surface area contributed by atoms with Gasteiger partial charge in [-0.1, -0.05) is 56.4 Å². The van der Waals surface area contributed by atoms with Gasteiger partial charge in [0.25, 0.3) is 0 Å². The minimum atomic E-state index is 0.0220. The summed E-state index contributed by atoms with van der Waals surface area (Å²) in [5.74, 6) is 1.49. The van der Waals surface area contributed by atoms with Gasteiger partial charge in [-0.25, -0.2) is 0 Å². The van der Waals surface area contributed by atoms with Crippen LogP contribution in [0, 0.1) is 0 Å². The Kier molecular flexibility index (Phi) is 5.16. The summed E-state index contributed by atoms with van der Waals surface area (Å²) in [4.78, 5) is 16.2. The summed E-state index contributed by atoms with van der Waals surface area (Å²) in [6.45, 7) is 7.41. The molecular formula is C15H20N2OS2. The van der Waals surface area contributed by atoms with E-state index >= 15 is 0 Å². The maximum absolute atomic E-state index is 11.9. The van der Waals surface area contributed by atoms with Crippen LogP contribution >= 0.6 is 23.5 Å². The van der Waals surface area contributed by atoms with Crippen LogP contribution in [0.4, 0.5) is 5.69 Å². The van der Waals surface area contributed by atoms with Crippen LogP contribution in [0.5, 0.6) is 0 Å². The third-order valence-corrected chi connectivity index (χ3v) is 5.17. The predicted octanol–water partition coefficient (Wildman–Crippen LogP) is 3.76. The molecule has 1 N–H and O–H groups in total. The van der Waals surface area contributed by atoms with Crippen LogP contribution in [0.2, 0.25) is 0 Å². The normalized spacial score (nSPS) is 15.1. The third kappa shape index (κ3) is 4.56. The van der Waals surface area contributed by atoms with Crippen molar-refractivity contribution in [3.05, 3.63) is 29.8 Å². The van der Waals surface area contributed by atoms with Crippen LogP contribution in [-0.4, -0.2) is 28.3 Å². The van der Waals surface area contributed by atoms with Crippen molar-refractivity contribution in [1.82, 2.24) is 0 Å². The van der Waals surface area contributed by atoms with Crippen LogP contribution in [0.1, 0.15) is 26.3 Å². The number of hydrogen-bond donors (Lipinski definition) is 1. The zero-order valence-electron chi connectivity index (χ0n) is 12.1. The second-order valence-electron chi connectivity index (χ2n) is 5.66. The van der Waals surface area contributed by atoms with E-state index in [0.717, 1.165) is 22.4 Å². The lowest BCUT2D eigenvalue weighted by atomic mass is 9.87. The zero-order chi connectivity index (χ0) is 14.6. The molecule has 0 saturated carbocycles. The number of hydrogen-bond acceptors (Lipinski definition) is 4. The molecule has 3 nitrogen and oxygen atoms in total. The van der Waals surface area contributed by atoms with Crippen molar-refractivity contribution in [3.63, 3.8) is 0 Å². The van der Waals surface area contributed by atoms with Gasteiger partial charge in [-0.3, -0.25) is 9.79 Å². The fourth-order valence-electron chi connectivity index (χ4n) is 1.78. The molecule has 1 aliphatic rings. The second-order valence-corrected chi connectivity index (χ2v) is 7.97. The Bertz CT molecular complexity index is 504. The largest absolute Gasteiger partial charge is 0.325 e. The molecule has 0 radical (unpaired) electrons. The quantitative estimate of drug-likeness (QED) is 0.924. The summed E-state index contributed by atoms with van der Waals surface area (Å²) in [6.07, 6.45) is 0. The highest BCUT2D eigenvalue weighted by Crippen LogP contribution is 2.24. The van der Waals surface area contributed by atoms with Gasteiger partial charge < -0.3 is 5.32 Å². The molecule has 2 rings (SSSR count). The average molecular weight is 308 g/mol. The van der Waals surface area contributed by atoms with Gasteiger partial charge in [-0.15, -0.1) is 0 Å². The van der Waals surface area contributed by atoms with E-state index in [1.165, 1.54) is 17.3 Å². The fraction of sp³-hybridized carbons (Fsp3) is 0.467. The number of carbonyl (C=O) groups is 1. The fourth-order valence-corrected chi connectivity index (χ4v) is 3.59. The Hall–Kier alpha value is -0.940. The predicted molar refractivity (Wildman–Crippen MR) is 91.0 cm³/mol. The first kappa shape index (κ1) is 15.4. The summed E-state index contributed by atoms with van der Waals surface area (Å²) in [5, 5.41) is 2.92. The standard InChI is InChI=1S/C15H20N2OS2/c1-15(2,3)11-4-6-12(7-5-11)17-13(18)10-20-14-16-8-9-19-14/h4-7H,8-10H2,1-3H3,(H,17,18). The van der Waals surface area contributed by atoms with Gasteiger partial charge in [-0.2, -0.15) is 0 Å². The Balaban J connectivity index is 1.84. The van der Waals surface area contributed by atoms with E-state index in [0.29, 0.717) is 5.75 Å². The highest BCUT2D eigenvalue weighted by atomic mass is 32.2. The van der Waals surface area contributed by atoms with Crippen LogP contribution in [-0.2, 0) is 10.2 Å². The smallest absolute Gasteiger partial charge is 0.234 e. The van der Waals surface area contributed by atoms with Gasteiger partial charge in [-0.05, 0) is 23.1 Å². The lowest BCUT2D eigenvalue weighted by molar-refractivity contribution is -0.113. The second kappa shape index (κ2) is 6.68. The molecular weight excluding hydrogens is 288 g/mol. The maximum Gasteiger partial charge on any atom is 0.234 e. The van der Waals surface area contributed by atoms with E-state index in [-0.39, 0.29) is 11.3 Å². The van der Waals surface area contributed by atoms with Gasteiger partial charge in [0, 0.05) is 11.4 Å². The van der Waals surface area contributed by atoms with Gasteiger partial charge in [0.05, 0.1) is 12.3 Å². The number of carbonyl (C=O) groups excluding carboxylic acids is 1. The molecule has 0 spiro atoms. The van der Waals surface area contributed by atoms with Gasteiger partial charge >= 0.3 is 0 Å². The first-order valence-electron chi connectivity index (χ1n) is 6.65. The van der Waals surface area contributed by atoms with E-state index < -0.39 is 0 Å². The molecule has 1 aromatic rings. The summed E-state index contributed by atoms with van der Waals surface area (Å²) >= 11 is 3.25. The molecule has 1 aliphatic heterocycles. The first-order chi connectivity index (χ1) is 9.45. The molecule has 0 atom stereocenters. The number of benzene rings is 1. The zero-order valence-corrected chi connectivity index (χ0v) is 13.7. The van der Waals surface area contributed by atoms with Crippen molar-refractivity contribution in [2.75, 3.05) is 23.4 Å². The summed E-state index contributed by atoms with van der Waals surface area (Å²) < 4.78 is 1.03. The molecule has 5 heteroatoms. The number of anilines is 1. The SMILES string of the molecule is CC(C)(C)c1ccc(NC(=O)CSC2=NCCS2)cc1. The molecule has 1 amide bonds. The van der Waals surface area contributed by atoms with Crippen molar-refractivity contribution in [2.24, 2.45) is 4.99 Å². The van der Waals surface area contributed by atoms with E-state index in [9.17, 15) is 4.79 Å². The maximum atomic E-state index is 11.9. The summed E-state index contributed by atoms with van der Waals surface area (Å²) in [6, 6.07) is 8.06. The number of rotatable bonds is 3. The van der Waals surface area contributed by atoms with E-state index in [1.807, 2.05) is 12.1 Å². The van der Waals surface area contributed by atoms with Crippen LogP contribution < -0.4 is 5.32 Å². The molecule has 0 bridgehead atoms. The minimum absolute atomic E-state index is 0.0220. The Morgan fingerprint density at radius 3 is 2.60 bits per heavy atom. The number of amides is 1. The molecule has 0 unspecified atom stereocenters.